The molecule has 2 heterocycles. The minimum atomic E-state index is -0.0611. The summed E-state index contributed by atoms with van der Waals surface area (Å²) in [4.78, 5) is 30.3. The molecule has 1 aromatic carbocycles. The molecule has 0 bridgehead atoms. The minimum absolute atomic E-state index is 0. The first-order valence-electron chi connectivity index (χ1n) is 8.85. The summed E-state index contributed by atoms with van der Waals surface area (Å²) >= 11 is 0. The van der Waals surface area contributed by atoms with Crippen molar-refractivity contribution in [3.63, 3.8) is 0 Å². The van der Waals surface area contributed by atoms with E-state index in [0.717, 1.165) is 12.1 Å². The molecule has 1 aliphatic rings. The van der Waals surface area contributed by atoms with Crippen LogP contribution in [0.3, 0.4) is 0 Å². The first-order valence-corrected chi connectivity index (χ1v) is 8.85. The Bertz CT molecular complexity index is 753. The van der Waals surface area contributed by atoms with Crippen LogP contribution < -0.4 is 10.1 Å². The minimum Gasteiger partial charge on any atom is -0.484 e. The molecule has 1 unspecified atom stereocenters. The number of aromatic nitrogens is 1. The van der Waals surface area contributed by atoms with Crippen molar-refractivity contribution in [3.8, 4) is 5.75 Å². The molecule has 6 nitrogen and oxygen atoms in total. The lowest BCUT2D eigenvalue weighted by Gasteiger charge is -2.36. The second-order valence-electron chi connectivity index (χ2n) is 6.18. The highest BCUT2D eigenvalue weighted by molar-refractivity contribution is 5.95. The van der Waals surface area contributed by atoms with Crippen molar-refractivity contribution in [1.82, 2.24) is 15.2 Å². The Labute approximate surface area is 165 Å². The average Bonchev–Trinajstić information content (AvgIpc) is 2.72. The van der Waals surface area contributed by atoms with Gasteiger partial charge in [0.05, 0.1) is 6.04 Å². The number of piperazine rings is 1. The summed E-state index contributed by atoms with van der Waals surface area (Å²) in [6, 6.07) is 10.7. The van der Waals surface area contributed by atoms with Gasteiger partial charge in [-0.2, -0.15) is 0 Å². The van der Waals surface area contributed by atoms with Crippen LogP contribution in [0.15, 0.2) is 48.8 Å². The molecule has 1 fully saturated rings. The van der Waals surface area contributed by atoms with Gasteiger partial charge in [0.1, 0.15) is 5.75 Å². The number of amides is 1. The zero-order valence-corrected chi connectivity index (χ0v) is 16.1. The van der Waals surface area contributed by atoms with Gasteiger partial charge in [-0.1, -0.05) is 13.0 Å². The summed E-state index contributed by atoms with van der Waals surface area (Å²) in [6.45, 7) is 3.89. The van der Waals surface area contributed by atoms with Crippen LogP contribution in [0.5, 0.6) is 5.75 Å². The van der Waals surface area contributed by atoms with Crippen LogP contribution in [0.4, 0.5) is 0 Å². The molecule has 1 atom stereocenters. The van der Waals surface area contributed by atoms with Crippen molar-refractivity contribution in [3.05, 3.63) is 59.9 Å². The van der Waals surface area contributed by atoms with Gasteiger partial charge < -0.3 is 15.0 Å². The first kappa shape index (κ1) is 20.9. The SMILES string of the molecule is CCC(=O)c1ccc(OCC(=O)N2CCNCC2c2cccnc2)cc1.Cl. The zero-order valence-electron chi connectivity index (χ0n) is 15.3. The van der Waals surface area contributed by atoms with E-state index in [4.69, 9.17) is 4.74 Å². The van der Waals surface area contributed by atoms with Crippen LogP contribution in [-0.4, -0.2) is 47.8 Å². The number of nitrogens with zero attached hydrogens (tertiary/aromatic N) is 2. The highest BCUT2D eigenvalue weighted by Gasteiger charge is 2.28. The number of nitrogens with one attached hydrogen (secondary N) is 1. The predicted molar refractivity (Wildman–Crippen MR) is 105 cm³/mol. The van der Waals surface area contributed by atoms with Crippen molar-refractivity contribution < 1.29 is 14.3 Å². The van der Waals surface area contributed by atoms with Gasteiger partial charge in [0, 0.05) is 44.0 Å². The van der Waals surface area contributed by atoms with Gasteiger partial charge in [-0.15, -0.1) is 12.4 Å². The summed E-state index contributed by atoms with van der Waals surface area (Å²) in [5.41, 5.74) is 1.67. The van der Waals surface area contributed by atoms with E-state index in [-0.39, 0.29) is 36.7 Å². The number of carbonyl (C=O) groups excluding carboxylic acids is 2. The van der Waals surface area contributed by atoms with Crippen molar-refractivity contribution in [1.29, 1.82) is 0 Å². The number of ether oxygens (including phenoxy) is 1. The number of benzene rings is 1. The lowest BCUT2D eigenvalue weighted by atomic mass is 10.1. The summed E-state index contributed by atoms with van der Waals surface area (Å²) in [5, 5.41) is 3.32. The fourth-order valence-electron chi connectivity index (χ4n) is 3.04. The molecule has 3 rings (SSSR count). The number of pyridine rings is 1. The van der Waals surface area contributed by atoms with Crippen molar-refractivity contribution in [2.24, 2.45) is 0 Å². The maximum absolute atomic E-state index is 12.7. The fourth-order valence-corrected chi connectivity index (χ4v) is 3.04. The Morgan fingerprint density at radius 1 is 1.26 bits per heavy atom. The number of rotatable bonds is 6. The molecule has 1 aromatic heterocycles. The monoisotopic (exact) mass is 389 g/mol. The van der Waals surface area contributed by atoms with E-state index >= 15 is 0 Å². The van der Waals surface area contributed by atoms with Gasteiger partial charge >= 0.3 is 0 Å². The van der Waals surface area contributed by atoms with Gasteiger partial charge in [0.2, 0.25) is 0 Å². The van der Waals surface area contributed by atoms with Crippen molar-refractivity contribution in [2.75, 3.05) is 26.2 Å². The van der Waals surface area contributed by atoms with E-state index in [2.05, 4.69) is 10.3 Å². The molecule has 1 amide bonds. The average molecular weight is 390 g/mol. The molecule has 0 saturated carbocycles. The summed E-state index contributed by atoms with van der Waals surface area (Å²) in [5.74, 6) is 0.612. The summed E-state index contributed by atoms with van der Waals surface area (Å²) < 4.78 is 5.64. The Kier molecular flexibility index (Phi) is 7.76. The van der Waals surface area contributed by atoms with Crippen LogP contribution in [0.1, 0.15) is 35.3 Å². The summed E-state index contributed by atoms with van der Waals surface area (Å²) in [6.07, 6.45) is 3.99. The van der Waals surface area contributed by atoms with Crippen LogP contribution in [0.2, 0.25) is 0 Å². The van der Waals surface area contributed by atoms with Gasteiger partial charge in [-0.05, 0) is 35.9 Å². The molecular formula is C20H24ClN3O3. The third-order valence-corrected chi connectivity index (χ3v) is 4.49. The zero-order chi connectivity index (χ0) is 18.4. The Morgan fingerprint density at radius 2 is 2.04 bits per heavy atom. The van der Waals surface area contributed by atoms with E-state index in [1.165, 1.54) is 0 Å². The molecule has 0 spiro atoms. The first-order chi connectivity index (χ1) is 12.7. The molecular weight excluding hydrogens is 366 g/mol. The van der Waals surface area contributed by atoms with Crippen LogP contribution in [-0.2, 0) is 4.79 Å². The van der Waals surface area contributed by atoms with E-state index in [0.29, 0.717) is 30.8 Å². The summed E-state index contributed by atoms with van der Waals surface area (Å²) in [7, 11) is 0. The molecule has 144 valence electrons. The molecule has 27 heavy (non-hydrogen) atoms. The number of hydrogen-bond donors (Lipinski definition) is 1. The Morgan fingerprint density at radius 3 is 2.70 bits per heavy atom. The van der Waals surface area contributed by atoms with Gasteiger partial charge in [-0.25, -0.2) is 0 Å². The Hall–Kier alpha value is -2.44. The molecule has 7 heteroatoms. The number of carbonyl (C=O) groups is 2. The molecule has 2 aromatic rings. The van der Waals surface area contributed by atoms with E-state index in [9.17, 15) is 9.59 Å². The van der Waals surface area contributed by atoms with Crippen LogP contribution in [0, 0.1) is 0 Å². The second-order valence-corrected chi connectivity index (χ2v) is 6.18. The van der Waals surface area contributed by atoms with E-state index < -0.39 is 0 Å². The van der Waals surface area contributed by atoms with E-state index in [1.54, 1.807) is 36.7 Å². The van der Waals surface area contributed by atoms with Crippen LogP contribution >= 0.6 is 12.4 Å². The number of ketones is 1. The number of hydrogen-bond acceptors (Lipinski definition) is 5. The maximum atomic E-state index is 12.7. The van der Waals surface area contributed by atoms with Crippen molar-refractivity contribution in [2.45, 2.75) is 19.4 Å². The number of Topliss-reactive ketones (excluding diaryl/α,β-unsaturated/α-hetero) is 1. The number of halogens is 1. The third kappa shape index (κ3) is 5.28. The quantitative estimate of drug-likeness (QED) is 0.769. The topological polar surface area (TPSA) is 71.5 Å². The molecule has 1 aliphatic heterocycles. The normalized spacial score (nSPS) is 16.3. The fraction of sp³-hybridized carbons (Fsp3) is 0.350. The van der Waals surface area contributed by atoms with Gasteiger partial charge in [-0.3, -0.25) is 14.6 Å². The molecule has 1 N–H and O–H groups in total. The van der Waals surface area contributed by atoms with E-state index in [1.807, 2.05) is 24.0 Å². The lowest BCUT2D eigenvalue weighted by Crippen LogP contribution is -2.50. The van der Waals surface area contributed by atoms with Crippen LogP contribution in [0.25, 0.3) is 0 Å². The predicted octanol–water partition coefficient (Wildman–Crippen LogP) is 2.65. The molecule has 1 saturated heterocycles. The van der Waals surface area contributed by atoms with Gasteiger partial charge in [0.25, 0.3) is 5.91 Å². The highest BCUT2D eigenvalue weighted by Crippen LogP contribution is 2.22. The standard InChI is InChI=1S/C20H23N3O3.ClH/c1-2-19(24)15-5-7-17(8-6-15)26-14-20(25)23-11-10-22-13-18(23)16-4-3-9-21-12-16;/h3-9,12,18,22H,2,10-11,13-14H2,1H3;1H. The Balaban J connectivity index is 0.00000261. The second kappa shape index (κ2) is 10.0. The largest absolute Gasteiger partial charge is 0.484 e. The highest BCUT2D eigenvalue weighted by atomic mass is 35.5. The third-order valence-electron chi connectivity index (χ3n) is 4.49. The maximum Gasteiger partial charge on any atom is 0.261 e. The smallest absolute Gasteiger partial charge is 0.261 e. The molecule has 0 radical (unpaired) electrons. The van der Waals surface area contributed by atoms with Crippen molar-refractivity contribution >= 4 is 24.1 Å². The van der Waals surface area contributed by atoms with Gasteiger partial charge in [0.15, 0.2) is 12.4 Å². The lowest BCUT2D eigenvalue weighted by molar-refractivity contribution is -0.136. The molecule has 0 aliphatic carbocycles.